The number of hydrogen-bond donors (Lipinski definition) is 1. The van der Waals surface area contributed by atoms with Crippen LogP contribution in [0.5, 0.6) is 0 Å². The Labute approximate surface area is 136 Å². The Balaban J connectivity index is 1.79. The first-order chi connectivity index (χ1) is 10.9. The predicted octanol–water partition coefficient (Wildman–Crippen LogP) is 2.27. The third kappa shape index (κ3) is 3.53. The summed E-state index contributed by atoms with van der Waals surface area (Å²) >= 11 is 5.83. The Hall–Kier alpha value is -2.34. The van der Waals surface area contributed by atoms with Crippen LogP contribution in [0.3, 0.4) is 0 Å². The number of halogens is 1. The molecule has 7 heteroatoms. The smallest absolute Gasteiger partial charge is 0.375 e. The minimum Gasteiger partial charge on any atom is -0.449 e. The van der Waals surface area contributed by atoms with E-state index in [9.17, 15) is 14.4 Å². The molecular weight excluding hydrogens is 322 g/mol. The van der Waals surface area contributed by atoms with E-state index >= 15 is 0 Å². The number of carbonyl (C=O) groups excluding carboxylic acids is 2. The summed E-state index contributed by atoms with van der Waals surface area (Å²) in [7, 11) is 0. The van der Waals surface area contributed by atoms with Crippen molar-refractivity contribution in [1.82, 2.24) is 5.32 Å². The summed E-state index contributed by atoms with van der Waals surface area (Å²) in [5, 5.41) is 3.40. The molecule has 1 aromatic carbocycles. The Morgan fingerprint density at radius 3 is 2.78 bits per heavy atom. The van der Waals surface area contributed by atoms with Crippen LogP contribution in [-0.4, -0.2) is 24.0 Å². The van der Waals surface area contributed by atoms with Crippen LogP contribution in [0, 0.1) is 0 Å². The van der Waals surface area contributed by atoms with E-state index in [1.165, 1.54) is 19.1 Å². The topological polar surface area (TPSA) is 85.6 Å². The molecule has 1 N–H and O–H groups in total. The van der Waals surface area contributed by atoms with Gasteiger partial charge in [-0.05, 0) is 38.0 Å². The maximum atomic E-state index is 12.1. The van der Waals surface area contributed by atoms with Crippen molar-refractivity contribution in [2.45, 2.75) is 31.9 Å². The van der Waals surface area contributed by atoms with Crippen LogP contribution >= 0.6 is 11.6 Å². The standard InChI is InChI=1S/C16H14ClNO5/c1-8(15(20)18-10-3-4-10)22-16(21)14-7-12(19)11-6-9(17)2-5-13(11)23-14/h2,5-8,10H,3-4H2,1H3,(H,18,20)/t8-/m0/s1. The van der Waals surface area contributed by atoms with Crippen molar-refractivity contribution in [1.29, 1.82) is 0 Å². The van der Waals surface area contributed by atoms with Gasteiger partial charge in [0.1, 0.15) is 5.58 Å². The molecule has 0 bridgehead atoms. The number of nitrogens with one attached hydrogen (secondary N) is 1. The molecule has 1 saturated carbocycles. The van der Waals surface area contributed by atoms with Crippen LogP contribution in [-0.2, 0) is 9.53 Å². The van der Waals surface area contributed by atoms with Crippen molar-refractivity contribution < 1.29 is 18.7 Å². The first-order valence-corrected chi connectivity index (χ1v) is 7.56. The van der Waals surface area contributed by atoms with Crippen LogP contribution in [0.15, 0.2) is 33.5 Å². The highest BCUT2D eigenvalue weighted by Gasteiger charge is 2.28. The first kappa shape index (κ1) is 15.6. The average Bonchev–Trinajstić information content (AvgIpc) is 3.31. The highest BCUT2D eigenvalue weighted by molar-refractivity contribution is 6.31. The van der Waals surface area contributed by atoms with E-state index in [4.69, 9.17) is 20.8 Å². The molecule has 1 fully saturated rings. The van der Waals surface area contributed by atoms with E-state index < -0.39 is 17.5 Å². The van der Waals surface area contributed by atoms with Gasteiger partial charge in [0.05, 0.1) is 5.39 Å². The van der Waals surface area contributed by atoms with Gasteiger partial charge in [0.2, 0.25) is 5.76 Å². The number of hydrogen-bond acceptors (Lipinski definition) is 5. The first-order valence-electron chi connectivity index (χ1n) is 7.19. The van der Waals surface area contributed by atoms with Gasteiger partial charge in [-0.3, -0.25) is 9.59 Å². The van der Waals surface area contributed by atoms with Crippen LogP contribution in [0.1, 0.15) is 30.3 Å². The molecule has 3 rings (SSSR count). The molecule has 2 aromatic rings. The summed E-state index contributed by atoms with van der Waals surface area (Å²) in [6.07, 6.45) is 0.914. The predicted molar refractivity (Wildman–Crippen MR) is 83.5 cm³/mol. The lowest BCUT2D eigenvalue weighted by Crippen LogP contribution is -2.37. The van der Waals surface area contributed by atoms with Gasteiger partial charge >= 0.3 is 5.97 Å². The second kappa shape index (κ2) is 6.04. The van der Waals surface area contributed by atoms with Crippen LogP contribution in [0.4, 0.5) is 0 Å². The number of esters is 1. The van der Waals surface area contributed by atoms with Gasteiger partial charge in [0, 0.05) is 17.1 Å². The van der Waals surface area contributed by atoms with Crippen molar-refractivity contribution in [2.75, 3.05) is 0 Å². The molecule has 0 unspecified atom stereocenters. The quantitative estimate of drug-likeness (QED) is 0.866. The fraction of sp³-hybridized carbons (Fsp3) is 0.312. The van der Waals surface area contributed by atoms with Gasteiger partial charge < -0.3 is 14.5 Å². The Morgan fingerprint density at radius 2 is 2.09 bits per heavy atom. The lowest BCUT2D eigenvalue weighted by atomic mass is 10.2. The van der Waals surface area contributed by atoms with Gasteiger partial charge in [-0.15, -0.1) is 0 Å². The summed E-state index contributed by atoms with van der Waals surface area (Å²) in [6.45, 7) is 1.47. The molecule has 1 heterocycles. The number of amides is 1. The number of carbonyl (C=O) groups is 2. The molecule has 120 valence electrons. The average molecular weight is 336 g/mol. The SMILES string of the molecule is C[C@H](OC(=O)c1cc(=O)c2cc(Cl)ccc2o1)C(=O)NC1CC1. The van der Waals surface area contributed by atoms with Gasteiger partial charge in [-0.2, -0.15) is 0 Å². The summed E-state index contributed by atoms with van der Waals surface area (Å²) in [5.41, 5.74) is -0.181. The van der Waals surface area contributed by atoms with Crippen molar-refractivity contribution >= 4 is 34.4 Å². The molecule has 23 heavy (non-hydrogen) atoms. The van der Waals surface area contributed by atoms with E-state index in [2.05, 4.69) is 5.32 Å². The van der Waals surface area contributed by atoms with Crippen molar-refractivity contribution in [3.8, 4) is 0 Å². The highest BCUT2D eigenvalue weighted by atomic mass is 35.5. The fourth-order valence-electron chi connectivity index (χ4n) is 2.05. The van der Waals surface area contributed by atoms with Gasteiger partial charge in [-0.25, -0.2) is 4.79 Å². The molecule has 0 radical (unpaired) electrons. The maximum absolute atomic E-state index is 12.1. The van der Waals surface area contributed by atoms with E-state index in [-0.39, 0.29) is 28.7 Å². The number of benzene rings is 1. The zero-order valence-electron chi connectivity index (χ0n) is 12.3. The molecule has 0 aliphatic heterocycles. The van der Waals surface area contributed by atoms with Crippen molar-refractivity contribution in [3.05, 3.63) is 45.3 Å². The largest absolute Gasteiger partial charge is 0.449 e. The lowest BCUT2D eigenvalue weighted by Gasteiger charge is -2.12. The molecule has 0 spiro atoms. The Bertz CT molecular complexity index is 840. The molecule has 1 aromatic heterocycles. The molecule has 6 nitrogen and oxygen atoms in total. The lowest BCUT2D eigenvalue weighted by molar-refractivity contribution is -0.129. The van der Waals surface area contributed by atoms with Gasteiger partial charge in [0.25, 0.3) is 5.91 Å². The van der Waals surface area contributed by atoms with Crippen molar-refractivity contribution in [3.63, 3.8) is 0 Å². The van der Waals surface area contributed by atoms with E-state index in [1.54, 1.807) is 6.07 Å². The molecule has 1 amide bonds. The maximum Gasteiger partial charge on any atom is 0.375 e. The molecule has 1 atom stereocenters. The summed E-state index contributed by atoms with van der Waals surface area (Å²) in [5.74, 6) is -1.48. The summed E-state index contributed by atoms with van der Waals surface area (Å²) in [6, 6.07) is 5.72. The van der Waals surface area contributed by atoms with Gasteiger partial charge in [0.15, 0.2) is 11.5 Å². The molecular formula is C16H14ClNO5. The normalized spacial score (nSPS) is 15.2. The third-order valence-electron chi connectivity index (χ3n) is 3.47. The van der Waals surface area contributed by atoms with E-state index in [0.717, 1.165) is 18.9 Å². The molecule has 0 saturated heterocycles. The number of ether oxygens (including phenoxy) is 1. The minimum absolute atomic E-state index is 0.173. The highest BCUT2D eigenvalue weighted by Crippen LogP contribution is 2.20. The van der Waals surface area contributed by atoms with E-state index in [1.807, 2.05) is 0 Å². The minimum atomic E-state index is -0.964. The zero-order chi connectivity index (χ0) is 16.6. The number of rotatable bonds is 4. The van der Waals surface area contributed by atoms with E-state index in [0.29, 0.717) is 5.02 Å². The summed E-state index contributed by atoms with van der Waals surface area (Å²) in [4.78, 5) is 35.9. The summed E-state index contributed by atoms with van der Waals surface area (Å²) < 4.78 is 10.4. The van der Waals surface area contributed by atoms with Crippen LogP contribution in [0.2, 0.25) is 5.02 Å². The third-order valence-corrected chi connectivity index (χ3v) is 3.70. The van der Waals surface area contributed by atoms with Gasteiger partial charge in [-0.1, -0.05) is 11.6 Å². The molecule has 1 aliphatic rings. The zero-order valence-corrected chi connectivity index (χ0v) is 13.1. The second-order valence-corrected chi connectivity index (χ2v) is 5.88. The fourth-order valence-corrected chi connectivity index (χ4v) is 2.22. The van der Waals surface area contributed by atoms with Crippen LogP contribution < -0.4 is 10.7 Å². The Morgan fingerprint density at radius 1 is 1.35 bits per heavy atom. The monoisotopic (exact) mass is 335 g/mol. The van der Waals surface area contributed by atoms with Crippen LogP contribution in [0.25, 0.3) is 11.0 Å². The Kier molecular flexibility index (Phi) is 4.09. The second-order valence-electron chi connectivity index (χ2n) is 5.45. The van der Waals surface area contributed by atoms with Crippen molar-refractivity contribution in [2.24, 2.45) is 0 Å². The number of fused-ring (bicyclic) bond motifs is 1. The molecule has 1 aliphatic carbocycles.